The van der Waals surface area contributed by atoms with Crippen molar-refractivity contribution < 1.29 is 14.6 Å². The van der Waals surface area contributed by atoms with Crippen LogP contribution in [0, 0.1) is 0 Å². The second-order valence-corrected chi connectivity index (χ2v) is 1.85. The summed E-state index contributed by atoms with van der Waals surface area (Å²) in [5, 5.41) is 8.80. The summed E-state index contributed by atoms with van der Waals surface area (Å²) in [4.78, 5) is 0. The number of aliphatic hydroxyl groups excluding tert-OH is 1. The maximum atomic E-state index is 8.80. The molecule has 1 aliphatic heterocycles. The van der Waals surface area contributed by atoms with E-state index in [1.807, 2.05) is 0 Å². The molecule has 1 fully saturated rings. The molecular weight excluding hydrogens is 108 g/mol. The van der Waals surface area contributed by atoms with Crippen LogP contribution >= 0.6 is 0 Å². The minimum Gasteiger partial charge on any atom is -0.388 e. The van der Waals surface area contributed by atoms with Crippen LogP contribution in [0.5, 0.6) is 0 Å². The SMILES string of the molecule is CC(O)C1OCCO1. The van der Waals surface area contributed by atoms with Crippen molar-refractivity contribution in [2.75, 3.05) is 13.2 Å². The largest absolute Gasteiger partial charge is 0.388 e. The summed E-state index contributed by atoms with van der Waals surface area (Å²) < 4.78 is 9.88. The lowest BCUT2D eigenvalue weighted by Gasteiger charge is -2.10. The zero-order valence-electron chi connectivity index (χ0n) is 4.83. The molecule has 1 aliphatic rings. The molecule has 1 unspecified atom stereocenters. The molecule has 0 aromatic heterocycles. The van der Waals surface area contributed by atoms with Gasteiger partial charge in [0.05, 0.1) is 13.2 Å². The van der Waals surface area contributed by atoms with E-state index in [2.05, 4.69) is 0 Å². The lowest BCUT2D eigenvalue weighted by atomic mass is 10.4. The van der Waals surface area contributed by atoms with Gasteiger partial charge < -0.3 is 14.6 Å². The highest BCUT2D eigenvalue weighted by molar-refractivity contribution is 4.56. The Morgan fingerprint density at radius 2 is 2.00 bits per heavy atom. The van der Waals surface area contributed by atoms with Crippen molar-refractivity contribution in [1.29, 1.82) is 0 Å². The molecule has 0 amide bonds. The standard InChI is InChI=1S/C5H10O3/c1-4(6)5-7-2-3-8-5/h4-6H,2-3H2,1H3. The number of ether oxygens (including phenoxy) is 2. The van der Waals surface area contributed by atoms with Gasteiger partial charge in [-0.3, -0.25) is 0 Å². The van der Waals surface area contributed by atoms with Crippen LogP contribution in [0.2, 0.25) is 0 Å². The second kappa shape index (κ2) is 2.44. The summed E-state index contributed by atoms with van der Waals surface area (Å²) in [7, 11) is 0. The molecular formula is C5H10O3. The number of aliphatic hydroxyl groups is 1. The minimum absolute atomic E-state index is 0.380. The average molecular weight is 118 g/mol. The van der Waals surface area contributed by atoms with Crippen molar-refractivity contribution in [3.8, 4) is 0 Å². The van der Waals surface area contributed by atoms with E-state index in [1.54, 1.807) is 6.92 Å². The third kappa shape index (κ3) is 1.18. The predicted octanol–water partition coefficient (Wildman–Crippen LogP) is -0.260. The zero-order chi connectivity index (χ0) is 5.98. The number of hydrogen-bond acceptors (Lipinski definition) is 3. The Kier molecular flexibility index (Phi) is 1.83. The first kappa shape index (κ1) is 6.01. The summed E-state index contributed by atoms with van der Waals surface area (Å²) in [5.74, 6) is 0. The Hall–Kier alpha value is -0.120. The van der Waals surface area contributed by atoms with Crippen molar-refractivity contribution in [2.24, 2.45) is 0 Å². The molecule has 1 rings (SSSR count). The summed E-state index contributed by atoms with van der Waals surface area (Å²) in [6.07, 6.45) is -0.882. The van der Waals surface area contributed by atoms with Crippen LogP contribution in [0.3, 0.4) is 0 Å². The molecule has 0 aromatic rings. The van der Waals surface area contributed by atoms with Crippen LogP contribution in [0.4, 0.5) is 0 Å². The van der Waals surface area contributed by atoms with Crippen LogP contribution in [0.1, 0.15) is 6.92 Å². The highest BCUT2D eigenvalue weighted by atomic mass is 16.7. The summed E-state index contributed by atoms with van der Waals surface area (Å²) >= 11 is 0. The molecule has 3 nitrogen and oxygen atoms in total. The van der Waals surface area contributed by atoms with Gasteiger partial charge in [-0.25, -0.2) is 0 Å². The van der Waals surface area contributed by atoms with Gasteiger partial charge in [0.2, 0.25) is 0 Å². The Morgan fingerprint density at radius 1 is 1.50 bits per heavy atom. The summed E-state index contributed by atoms with van der Waals surface area (Å²) in [6, 6.07) is 0. The van der Waals surface area contributed by atoms with Crippen molar-refractivity contribution in [3.63, 3.8) is 0 Å². The second-order valence-electron chi connectivity index (χ2n) is 1.85. The molecule has 3 heteroatoms. The first-order valence-corrected chi connectivity index (χ1v) is 2.72. The molecule has 0 aliphatic carbocycles. The fraction of sp³-hybridized carbons (Fsp3) is 1.00. The highest BCUT2D eigenvalue weighted by Crippen LogP contribution is 2.06. The summed E-state index contributed by atoms with van der Waals surface area (Å²) in [5.41, 5.74) is 0. The van der Waals surface area contributed by atoms with Gasteiger partial charge in [0, 0.05) is 0 Å². The Labute approximate surface area is 48.2 Å². The first-order valence-electron chi connectivity index (χ1n) is 2.72. The molecule has 1 atom stereocenters. The van der Waals surface area contributed by atoms with Crippen LogP contribution in [0.25, 0.3) is 0 Å². The Morgan fingerprint density at radius 3 is 2.25 bits per heavy atom. The smallest absolute Gasteiger partial charge is 0.183 e. The van der Waals surface area contributed by atoms with Crippen molar-refractivity contribution in [2.45, 2.75) is 19.3 Å². The normalized spacial score (nSPS) is 26.2. The van der Waals surface area contributed by atoms with Crippen LogP contribution in [0.15, 0.2) is 0 Å². The molecule has 8 heavy (non-hydrogen) atoms. The number of rotatable bonds is 1. The molecule has 1 N–H and O–H groups in total. The highest BCUT2D eigenvalue weighted by Gasteiger charge is 2.20. The van der Waals surface area contributed by atoms with E-state index in [0.29, 0.717) is 13.2 Å². The lowest BCUT2D eigenvalue weighted by Crippen LogP contribution is -2.22. The van der Waals surface area contributed by atoms with Gasteiger partial charge in [0.25, 0.3) is 0 Å². The lowest BCUT2D eigenvalue weighted by molar-refractivity contribution is -0.113. The molecule has 0 spiro atoms. The van der Waals surface area contributed by atoms with Crippen molar-refractivity contribution >= 4 is 0 Å². The third-order valence-electron chi connectivity index (χ3n) is 1.04. The van der Waals surface area contributed by atoms with Gasteiger partial charge in [0.1, 0.15) is 6.10 Å². The van der Waals surface area contributed by atoms with Gasteiger partial charge in [-0.15, -0.1) is 0 Å². The van der Waals surface area contributed by atoms with Crippen LogP contribution in [-0.2, 0) is 9.47 Å². The van der Waals surface area contributed by atoms with E-state index in [4.69, 9.17) is 14.6 Å². The molecule has 1 heterocycles. The fourth-order valence-electron chi connectivity index (χ4n) is 0.655. The Balaban J connectivity index is 2.24. The maximum absolute atomic E-state index is 8.80. The van der Waals surface area contributed by atoms with E-state index in [-0.39, 0.29) is 6.29 Å². The van der Waals surface area contributed by atoms with Crippen molar-refractivity contribution in [3.05, 3.63) is 0 Å². The number of hydrogen-bond donors (Lipinski definition) is 1. The fourth-order valence-corrected chi connectivity index (χ4v) is 0.655. The average Bonchev–Trinajstić information content (AvgIpc) is 2.12. The maximum Gasteiger partial charge on any atom is 0.183 e. The van der Waals surface area contributed by atoms with Crippen LogP contribution < -0.4 is 0 Å². The molecule has 0 aromatic carbocycles. The molecule has 0 saturated carbocycles. The van der Waals surface area contributed by atoms with E-state index >= 15 is 0 Å². The van der Waals surface area contributed by atoms with Gasteiger partial charge in [-0.1, -0.05) is 0 Å². The quantitative estimate of drug-likeness (QED) is 0.515. The zero-order valence-corrected chi connectivity index (χ0v) is 4.83. The van der Waals surface area contributed by atoms with E-state index < -0.39 is 6.10 Å². The molecule has 0 radical (unpaired) electrons. The third-order valence-corrected chi connectivity index (χ3v) is 1.04. The molecule has 1 saturated heterocycles. The minimum atomic E-state index is -0.502. The monoisotopic (exact) mass is 118 g/mol. The molecule has 48 valence electrons. The van der Waals surface area contributed by atoms with Gasteiger partial charge in [-0.05, 0) is 6.92 Å². The van der Waals surface area contributed by atoms with E-state index in [9.17, 15) is 0 Å². The molecule has 0 bridgehead atoms. The van der Waals surface area contributed by atoms with Gasteiger partial charge >= 0.3 is 0 Å². The summed E-state index contributed by atoms with van der Waals surface area (Å²) in [6.45, 7) is 2.86. The predicted molar refractivity (Wildman–Crippen MR) is 27.4 cm³/mol. The Bertz CT molecular complexity index is 66.1. The van der Waals surface area contributed by atoms with Crippen LogP contribution in [-0.4, -0.2) is 30.7 Å². The van der Waals surface area contributed by atoms with E-state index in [1.165, 1.54) is 0 Å². The van der Waals surface area contributed by atoms with Crippen molar-refractivity contribution in [1.82, 2.24) is 0 Å². The first-order chi connectivity index (χ1) is 3.80. The topological polar surface area (TPSA) is 38.7 Å². The van der Waals surface area contributed by atoms with Gasteiger partial charge in [0.15, 0.2) is 6.29 Å². The van der Waals surface area contributed by atoms with E-state index in [0.717, 1.165) is 0 Å². The van der Waals surface area contributed by atoms with Gasteiger partial charge in [-0.2, -0.15) is 0 Å².